The standard InChI is InChI=1S/C20H20N2O3/c1-14(13-17(23)25-2)21-18-19(15-9-5-3-6-10-15)22(20(18)24)16-11-7-4-8-12-16/h3-13,18-19,21H,1-2H3/b14-13+/t18-,19+/m1/s1. The molecule has 1 N–H and O–H groups in total. The summed E-state index contributed by atoms with van der Waals surface area (Å²) >= 11 is 0. The van der Waals surface area contributed by atoms with Crippen LogP contribution < -0.4 is 10.2 Å². The van der Waals surface area contributed by atoms with Gasteiger partial charge >= 0.3 is 5.97 Å². The molecule has 1 aliphatic heterocycles. The first kappa shape index (κ1) is 16.8. The SMILES string of the molecule is COC(=O)/C=C(\C)N[C@H]1C(=O)N(c2ccccc2)[C@H]1c1ccccc1. The molecule has 0 aliphatic carbocycles. The Morgan fingerprint density at radius 1 is 1.08 bits per heavy atom. The fraction of sp³-hybridized carbons (Fsp3) is 0.200. The number of para-hydroxylation sites is 1. The minimum atomic E-state index is -0.451. The first-order chi connectivity index (χ1) is 12.1. The number of β-lactam (4-membered cyclic amide) rings is 1. The normalized spacial score (nSPS) is 20.0. The molecule has 128 valence electrons. The van der Waals surface area contributed by atoms with Gasteiger partial charge in [-0.25, -0.2) is 4.79 Å². The number of nitrogens with one attached hydrogen (secondary N) is 1. The number of esters is 1. The second-order valence-corrected chi connectivity index (χ2v) is 5.87. The fourth-order valence-electron chi connectivity index (χ4n) is 3.02. The fourth-order valence-corrected chi connectivity index (χ4v) is 3.02. The third-order valence-electron chi connectivity index (χ3n) is 4.19. The van der Waals surface area contributed by atoms with Gasteiger partial charge < -0.3 is 15.0 Å². The summed E-state index contributed by atoms with van der Waals surface area (Å²) in [4.78, 5) is 25.9. The number of hydrogen-bond donors (Lipinski definition) is 1. The van der Waals surface area contributed by atoms with E-state index >= 15 is 0 Å². The molecule has 0 unspecified atom stereocenters. The maximum Gasteiger partial charge on any atom is 0.332 e. The van der Waals surface area contributed by atoms with E-state index in [1.807, 2.05) is 60.7 Å². The molecule has 2 atom stereocenters. The Labute approximate surface area is 146 Å². The van der Waals surface area contributed by atoms with Gasteiger partial charge in [0.25, 0.3) is 5.91 Å². The number of rotatable bonds is 5. The lowest BCUT2D eigenvalue weighted by molar-refractivity contribution is -0.135. The molecule has 25 heavy (non-hydrogen) atoms. The molecule has 2 aromatic carbocycles. The third-order valence-corrected chi connectivity index (χ3v) is 4.19. The topological polar surface area (TPSA) is 58.6 Å². The lowest BCUT2D eigenvalue weighted by Crippen LogP contribution is -2.64. The van der Waals surface area contributed by atoms with E-state index in [1.54, 1.807) is 11.8 Å². The van der Waals surface area contributed by atoms with E-state index in [0.29, 0.717) is 5.70 Å². The Hall–Kier alpha value is -3.08. The molecule has 0 saturated carbocycles. The van der Waals surface area contributed by atoms with Crippen LogP contribution in [0.2, 0.25) is 0 Å². The summed E-state index contributed by atoms with van der Waals surface area (Å²) in [6.07, 6.45) is 1.35. The molecule has 1 heterocycles. The van der Waals surface area contributed by atoms with E-state index < -0.39 is 12.0 Å². The summed E-state index contributed by atoms with van der Waals surface area (Å²) < 4.78 is 4.63. The number of hydrogen-bond acceptors (Lipinski definition) is 4. The first-order valence-corrected chi connectivity index (χ1v) is 8.07. The van der Waals surface area contributed by atoms with Crippen molar-refractivity contribution in [2.45, 2.75) is 19.0 Å². The van der Waals surface area contributed by atoms with Crippen LogP contribution in [0.5, 0.6) is 0 Å². The number of nitrogens with zero attached hydrogens (tertiary/aromatic N) is 1. The molecule has 1 saturated heterocycles. The third kappa shape index (κ3) is 3.40. The molecule has 0 radical (unpaired) electrons. The molecule has 0 bridgehead atoms. The smallest absolute Gasteiger partial charge is 0.332 e. The highest BCUT2D eigenvalue weighted by Gasteiger charge is 2.48. The summed E-state index contributed by atoms with van der Waals surface area (Å²) in [7, 11) is 1.32. The lowest BCUT2D eigenvalue weighted by atomic mass is 9.87. The van der Waals surface area contributed by atoms with Crippen LogP contribution in [-0.4, -0.2) is 25.0 Å². The molecule has 3 rings (SSSR count). The molecule has 2 aromatic rings. The molecule has 0 spiro atoms. The monoisotopic (exact) mass is 336 g/mol. The van der Waals surface area contributed by atoms with E-state index in [-0.39, 0.29) is 11.9 Å². The zero-order chi connectivity index (χ0) is 17.8. The van der Waals surface area contributed by atoms with Crippen LogP contribution in [0, 0.1) is 0 Å². The van der Waals surface area contributed by atoms with E-state index in [1.165, 1.54) is 13.2 Å². The zero-order valence-electron chi connectivity index (χ0n) is 14.2. The molecule has 1 amide bonds. The Kier molecular flexibility index (Phi) is 4.84. The molecule has 1 fully saturated rings. The summed E-state index contributed by atoms with van der Waals surface area (Å²) in [5.74, 6) is -0.481. The average Bonchev–Trinajstić information content (AvgIpc) is 2.65. The van der Waals surface area contributed by atoms with E-state index in [9.17, 15) is 9.59 Å². The number of methoxy groups -OCH3 is 1. The van der Waals surface area contributed by atoms with Crippen molar-refractivity contribution < 1.29 is 14.3 Å². The van der Waals surface area contributed by atoms with Crippen LogP contribution in [0.4, 0.5) is 5.69 Å². The Morgan fingerprint density at radius 2 is 1.68 bits per heavy atom. The van der Waals surface area contributed by atoms with Crippen molar-refractivity contribution in [3.63, 3.8) is 0 Å². The van der Waals surface area contributed by atoms with Gasteiger partial charge in [0.2, 0.25) is 0 Å². The van der Waals surface area contributed by atoms with Crippen LogP contribution in [-0.2, 0) is 14.3 Å². The van der Waals surface area contributed by atoms with Crippen LogP contribution >= 0.6 is 0 Å². The number of amides is 1. The number of carbonyl (C=O) groups is 2. The Balaban J connectivity index is 1.89. The number of carbonyl (C=O) groups excluding carboxylic acids is 2. The molecule has 5 nitrogen and oxygen atoms in total. The van der Waals surface area contributed by atoms with Gasteiger partial charge in [0.05, 0.1) is 13.2 Å². The maximum atomic E-state index is 12.8. The average molecular weight is 336 g/mol. The zero-order valence-corrected chi connectivity index (χ0v) is 14.2. The van der Waals surface area contributed by atoms with E-state index in [2.05, 4.69) is 10.1 Å². The van der Waals surface area contributed by atoms with Gasteiger partial charge in [-0.05, 0) is 24.6 Å². The second kappa shape index (κ2) is 7.21. The summed E-state index contributed by atoms with van der Waals surface area (Å²) in [5.41, 5.74) is 2.49. The van der Waals surface area contributed by atoms with Gasteiger partial charge in [0.15, 0.2) is 0 Å². The maximum absolute atomic E-state index is 12.8. The summed E-state index contributed by atoms with van der Waals surface area (Å²) in [6, 6.07) is 18.9. The van der Waals surface area contributed by atoms with Gasteiger partial charge in [0, 0.05) is 17.5 Å². The van der Waals surface area contributed by atoms with Crippen molar-refractivity contribution >= 4 is 17.6 Å². The van der Waals surface area contributed by atoms with Crippen LogP contribution in [0.3, 0.4) is 0 Å². The summed E-state index contributed by atoms with van der Waals surface area (Å²) in [5, 5.41) is 3.15. The Bertz CT molecular complexity index is 787. The van der Waals surface area contributed by atoms with Gasteiger partial charge in [-0.3, -0.25) is 4.79 Å². The number of benzene rings is 2. The largest absolute Gasteiger partial charge is 0.466 e. The van der Waals surface area contributed by atoms with Gasteiger partial charge in [-0.1, -0.05) is 48.5 Å². The highest BCUT2D eigenvalue weighted by molar-refractivity contribution is 6.06. The van der Waals surface area contributed by atoms with Gasteiger partial charge in [-0.15, -0.1) is 0 Å². The van der Waals surface area contributed by atoms with Crippen molar-refractivity contribution in [3.8, 4) is 0 Å². The number of anilines is 1. The Morgan fingerprint density at radius 3 is 2.28 bits per heavy atom. The quantitative estimate of drug-likeness (QED) is 0.518. The number of allylic oxidation sites excluding steroid dienone is 1. The van der Waals surface area contributed by atoms with Gasteiger partial charge in [-0.2, -0.15) is 0 Å². The van der Waals surface area contributed by atoms with Crippen molar-refractivity contribution in [3.05, 3.63) is 78.0 Å². The van der Waals surface area contributed by atoms with Crippen molar-refractivity contribution in [1.82, 2.24) is 5.32 Å². The molecular weight excluding hydrogens is 316 g/mol. The summed E-state index contributed by atoms with van der Waals surface area (Å²) in [6.45, 7) is 1.75. The van der Waals surface area contributed by atoms with Crippen molar-refractivity contribution in [1.29, 1.82) is 0 Å². The highest BCUT2D eigenvalue weighted by atomic mass is 16.5. The molecular formula is C20H20N2O3. The molecule has 0 aromatic heterocycles. The van der Waals surface area contributed by atoms with Crippen LogP contribution in [0.1, 0.15) is 18.5 Å². The second-order valence-electron chi connectivity index (χ2n) is 5.87. The number of ether oxygens (including phenoxy) is 1. The lowest BCUT2D eigenvalue weighted by Gasteiger charge is -2.48. The van der Waals surface area contributed by atoms with E-state index in [0.717, 1.165) is 11.3 Å². The highest BCUT2D eigenvalue weighted by Crippen LogP contribution is 2.39. The van der Waals surface area contributed by atoms with Crippen molar-refractivity contribution in [2.75, 3.05) is 12.0 Å². The van der Waals surface area contributed by atoms with Gasteiger partial charge in [0.1, 0.15) is 6.04 Å². The van der Waals surface area contributed by atoms with Crippen molar-refractivity contribution in [2.24, 2.45) is 0 Å². The molecule has 5 heteroatoms. The minimum absolute atomic E-state index is 0.0299. The predicted molar refractivity (Wildman–Crippen MR) is 95.8 cm³/mol. The minimum Gasteiger partial charge on any atom is -0.466 e. The van der Waals surface area contributed by atoms with Crippen LogP contribution in [0.15, 0.2) is 72.4 Å². The molecule has 1 aliphatic rings. The van der Waals surface area contributed by atoms with E-state index in [4.69, 9.17) is 0 Å². The first-order valence-electron chi connectivity index (χ1n) is 8.07. The van der Waals surface area contributed by atoms with Crippen LogP contribution in [0.25, 0.3) is 0 Å². The predicted octanol–water partition coefficient (Wildman–Crippen LogP) is 2.81.